The first-order valence-electron chi connectivity index (χ1n) is 21.1. The number of amides is 1. The Kier molecular flexibility index (Phi) is 14.6. The van der Waals surface area contributed by atoms with Crippen molar-refractivity contribution in [2.45, 2.75) is 99.9 Å². The molecule has 4 aromatic rings. The molecule has 0 radical (unpaired) electrons. The normalized spacial score (nSPS) is 14.8. The number of carbonyl (C=O) groups excluding carboxylic acids is 5. The second-order valence-corrected chi connectivity index (χ2v) is 20.9. The molecular formula is C45H56N6O9S2. The number of carbonyl (C=O) groups is 3. The van der Waals surface area contributed by atoms with Gasteiger partial charge in [-0.1, -0.05) is 12.1 Å². The van der Waals surface area contributed by atoms with E-state index < -0.39 is 31.2 Å². The van der Waals surface area contributed by atoms with Gasteiger partial charge in [0.05, 0.1) is 0 Å². The topological polar surface area (TPSA) is 196 Å². The summed E-state index contributed by atoms with van der Waals surface area (Å²) in [4.78, 5) is 58.1. The predicted molar refractivity (Wildman–Crippen MR) is 229 cm³/mol. The zero-order valence-electron chi connectivity index (χ0n) is 36.3. The molecule has 2 aromatic heterocycles. The van der Waals surface area contributed by atoms with Crippen LogP contribution in [0.2, 0.25) is 0 Å². The Bertz CT molecular complexity index is 2570. The maximum absolute atomic E-state index is 13.0. The number of sulfone groups is 2. The van der Waals surface area contributed by atoms with Gasteiger partial charge in [0.1, 0.15) is 17.2 Å². The third-order valence-corrected chi connectivity index (χ3v) is 15.4. The lowest BCUT2D eigenvalue weighted by molar-refractivity contribution is -0.191. The largest absolute Gasteiger partial charge is 0.373 e. The van der Waals surface area contributed by atoms with Crippen molar-refractivity contribution in [3.8, 4) is 0 Å². The summed E-state index contributed by atoms with van der Waals surface area (Å²) in [6.45, 7) is 1.19. The smallest absolute Gasteiger partial charge is 0.339 e. The van der Waals surface area contributed by atoms with Gasteiger partial charge in [-0.3, -0.25) is 23.7 Å². The van der Waals surface area contributed by atoms with Crippen molar-refractivity contribution in [3.05, 3.63) is 91.8 Å². The van der Waals surface area contributed by atoms with Crippen LogP contribution in [0.25, 0.3) is 0 Å². The number of likely N-dealkylation sites (N-methyl/N-ethyl adjacent to an activating group) is 2. The molecule has 1 amide bonds. The van der Waals surface area contributed by atoms with Crippen molar-refractivity contribution in [3.63, 3.8) is 0 Å². The Morgan fingerprint density at radius 2 is 1.05 bits per heavy atom. The summed E-state index contributed by atoms with van der Waals surface area (Å²) in [5, 5.41) is 7.76. The average molecular weight is 889 g/mol. The zero-order valence-corrected chi connectivity index (χ0v) is 37.9. The van der Waals surface area contributed by atoms with E-state index in [4.69, 9.17) is 9.59 Å². The van der Waals surface area contributed by atoms with E-state index in [0.717, 1.165) is 88.2 Å². The minimum Gasteiger partial charge on any atom is -0.339 e. The van der Waals surface area contributed by atoms with Crippen molar-refractivity contribution in [1.82, 2.24) is 29.4 Å². The summed E-state index contributed by atoms with van der Waals surface area (Å²) in [7, 11) is 1.10. The van der Waals surface area contributed by atoms with Gasteiger partial charge in [-0.05, 0) is 153 Å². The van der Waals surface area contributed by atoms with E-state index in [-0.39, 0.29) is 52.2 Å². The van der Waals surface area contributed by atoms with Crippen LogP contribution in [0.3, 0.4) is 0 Å². The molecule has 0 unspecified atom stereocenters. The van der Waals surface area contributed by atoms with Crippen molar-refractivity contribution in [2.24, 2.45) is 14.1 Å². The number of hydrogen-bond donors (Lipinski definition) is 0. The van der Waals surface area contributed by atoms with Gasteiger partial charge in [-0.25, -0.2) is 16.8 Å². The van der Waals surface area contributed by atoms with Crippen LogP contribution in [0.5, 0.6) is 0 Å². The zero-order chi connectivity index (χ0) is 44.9. The van der Waals surface area contributed by atoms with Crippen LogP contribution < -0.4 is 0 Å². The van der Waals surface area contributed by atoms with Crippen LogP contribution in [0, 0.1) is 0 Å². The highest BCUT2D eigenvalue weighted by Gasteiger charge is 2.31. The molecule has 0 aliphatic heterocycles. The third-order valence-electron chi connectivity index (χ3n) is 12.3. The summed E-state index contributed by atoms with van der Waals surface area (Å²) in [5.41, 5.74) is 12.9. The molecule has 0 saturated heterocycles. The van der Waals surface area contributed by atoms with E-state index in [0.29, 0.717) is 13.1 Å². The number of rotatable bonds is 14. The molecule has 17 heteroatoms. The molecule has 0 bridgehead atoms. The standard InChI is InChI=1S/C25H34N4O4S.C19H22N2O3S.CO2/c1-27(2)11-12-28(3)25(31)23-15-24(26-29(23)4)34(32,33)16-19(30)14-22-20-9-5-7-17(20)13-18-8-6-10-21(18)22;1-21-9-8-19(20-21)25(23,24)12-15(22)11-18-16-6-2-4-13(16)10-14-5-3-7-17(14)18;2-1-3/h13,15H,5-12,14,16H2,1-4H3;8-10H,2-7,11-12H2,1H3;. The number of aryl methyl sites for hydroxylation is 6. The molecule has 4 aliphatic carbocycles. The summed E-state index contributed by atoms with van der Waals surface area (Å²) < 4.78 is 53.6. The fourth-order valence-electron chi connectivity index (χ4n) is 9.36. The van der Waals surface area contributed by atoms with Gasteiger partial charge in [0.15, 0.2) is 21.6 Å². The molecular weight excluding hydrogens is 833 g/mol. The van der Waals surface area contributed by atoms with Crippen LogP contribution in [0.4, 0.5) is 0 Å². The van der Waals surface area contributed by atoms with Crippen LogP contribution >= 0.6 is 0 Å². The van der Waals surface area contributed by atoms with Gasteiger partial charge in [0.2, 0.25) is 19.7 Å². The van der Waals surface area contributed by atoms with Gasteiger partial charge >= 0.3 is 6.15 Å². The van der Waals surface area contributed by atoms with Gasteiger partial charge in [-0.2, -0.15) is 19.8 Å². The monoisotopic (exact) mass is 888 g/mol. The number of fused-ring (bicyclic) bond motifs is 4. The lowest BCUT2D eigenvalue weighted by atomic mass is 9.91. The highest BCUT2D eigenvalue weighted by molar-refractivity contribution is 7.92. The number of Topliss-reactive ketones (excluding diaryl/α,β-unsaturated/α-hetero) is 2. The third kappa shape index (κ3) is 10.6. The van der Waals surface area contributed by atoms with Crippen molar-refractivity contribution >= 4 is 43.3 Å². The highest BCUT2D eigenvalue weighted by Crippen LogP contribution is 2.37. The Balaban J connectivity index is 0.000000202. The number of nitrogens with zero attached hydrogens (tertiary/aromatic N) is 6. The number of hydrogen-bond acceptors (Lipinski definition) is 12. The maximum atomic E-state index is 13.0. The van der Waals surface area contributed by atoms with Crippen LogP contribution in [-0.4, -0.2) is 116 Å². The predicted octanol–water partition coefficient (Wildman–Crippen LogP) is 3.02. The first kappa shape index (κ1) is 46.4. The van der Waals surface area contributed by atoms with Crippen LogP contribution in [-0.2, 0) is 117 Å². The maximum Gasteiger partial charge on any atom is 0.373 e. The quantitative estimate of drug-likeness (QED) is 0.180. The van der Waals surface area contributed by atoms with Crippen LogP contribution in [0.1, 0.15) is 91.8 Å². The summed E-state index contributed by atoms with van der Waals surface area (Å²) in [6.07, 6.45) is 14.8. The summed E-state index contributed by atoms with van der Waals surface area (Å²) in [5.74, 6) is -1.94. The van der Waals surface area contributed by atoms with Gasteiger partial charge in [0.25, 0.3) is 5.91 Å². The average Bonchev–Trinajstić information content (AvgIpc) is 4.06. The Morgan fingerprint density at radius 3 is 1.44 bits per heavy atom. The SMILES string of the molecule is CN(C)CCN(C)C(=O)c1cc(S(=O)(=O)CC(=O)Cc2c3c(cc4c2CCC4)CCC3)nn1C.Cn1ccc(S(=O)(=O)CC(=O)Cc2c3c(cc4c2CCC4)CCC3)n1.O=C=O. The summed E-state index contributed by atoms with van der Waals surface area (Å²) >= 11 is 0. The first-order chi connectivity index (χ1) is 29.4. The van der Waals surface area contributed by atoms with Gasteiger partial charge < -0.3 is 9.80 Å². The molecule has 0 N–H and O–H groups in total. The highest BCUT2D eigenvalue weighted by atomic mass is 32.2. The molecule has 332 valence electrons. The van der Waals surface area contributed by atoms with E-state index in [2.05, 4.69) is 22.3 Å². The molecule has 2 heterocycles. The second kappa shape index (κ2) is 19.5. The number of ketones is 2. The number of aromatic nitrogens is 4. The molecule has 15 nitrogen and oxygen atoms in total. The molecule has 0 saturated carbocycles. The lowest BCUT2D eigenvalue weighted by Crippen LogP contribution is -2.34. The van der Waals surface area contributed by atoms with E-state index in [1.54, 1.807) is 27.3 Å². The second-order valence-electron chi connectivity index (χ2n) is 17.1. The lowest BCUT2D eigenvalue weighted by Gasteiger charge is -2.19. The molecule has 2 aromatic carbocycles. The molecule has 8 rings (SSSR count). The Labute approximate surface area is 363 Å². The fourth-order valence-corrected chi connectivity index (χ4v) is 11.8. The minimum absolute atomic E-state index is 0.0214. The van der Waals surface area contributed by atoms with Crippen LogP contribution in [0.15, 0.2) is 40.5 Å². The molecule has 4 aliphatic rings. The van der Waals surface area contributed by atoms with Crippen molar-refractivity contribution < 1.29 is 40.8 Å². The van der Waals surface area contributed by atoms with Crippen molar-refractivity contribution in [2.75, 3.05) is 45.7 Å². The minimum atomic E-state index is -3.95. The van der Waals surface area contributed by atoms with E-state index in [1.165, 1.54) is 70.9 Å². The Hall–Kier alpha value is -5.09. The van der Waals surface area contributed by atoms with E-state index in [1.807, 2.05) is 19.0 Å². The summed E-state index contributed by atoms with van der Waals surface area (Å²) in [6, 6.07) is 7.36. The Morgan fingerprint density at radius 1 is 0.629 bits per heavy atom. The molecule has 0 fully saturated rings. The number of benzene rings is 2. The van der Waals surface area contributed by atoms with E-state index >= 15 is 0 Å². The fraction of sp³-hybridized carbons (Fsp3) is 0.511. The van der Waals surface area contributed by atoms with Gasteiger partial charge in [-0.15, -0.1) is 0 Å². The first-order valence-corrected chi connectivity index (χ1v) is 24.5. The van der Waals surface area contributed by atoms with E-state index in [9.17, 15) is 31.2 Å². The van der Waals surface area contributed by atoms with Gasteiger partial charge in [0, 0.05) is 59.3 Å². The molecule has 0 atom stereocenters. The van der Waals surface area contributed by atoms with Crippen molar-refractivity contribution in [1.29, 1.82) is 0 Å². The molecule has 62 heavy (non-hydrogen) atoms. The molecule has 0 spiro atoms.